The van der Waals surface area contributed by atoms with Crippen molar-refractivity contribution >= 4 is 15.9 Å². The van der Waals surface area contributed by atoms with E-state index in [9.17, 15) is 13.2 Å². The molecule has 1 aliphatic heterocycles. The number of sulfonamides is 1. The minimum atomic E-state index is -3.35. The number of H-pyrrole nitrogens is 1. The van der Waals surface area contributed by atoms with Gasteiger partial charge in [-0.1, -0.05) is 6.42 Å². The van der Waals surface area contributed by atoms with Crippen molar-refractivity contribution in [2.45, 2.75) is 31.8 Å². The van der Waals surface area contributed by atoms with Crippen molar-refractivity contribution in [2.24, 2.45) is 0 Å². The molecule has 0 bridgehead atoms. The largest absolute Gasteiger partial charge is 0.340 e. The molecule has 1 amide bonds. The lowest BCUT2D eigenvalue weighted by atomic mass is 10.0. The third-order valence-corrected chi connectivity index (χ3v) is 4.80. The number of nitrogens with zero attached hydrogens (tertiary/aromatic N) is 3. The van der Waals surface area contributed by atoms with Gasteiger partial charge in [-0.05, 0) is 12.8 Å². The fraction of sp³-hybridized carbons (Fsp3) is 0.667. The van der Waals surface area contributed by atoms with E-state index in [1.54, 1.807) is 24.3 Å². The summed E-state index contributed by atoms with van der Waals surface area (Å²) < 4.78 is 24.9. The monoisotopic (exact) mass is 300 g/mol. The first-order valence-electron chi connectivity index (χ1n) is 6.59. The molecular formula is C12H20N4O3S. The van der Waals surface area contributed by atoms with Crippen molar-refractivity contribution in [3.63, 3.8) is 0 Å². The van der Waals surface area contributed by atoms with Gasteiger partial charge < -0.3 is 4.90 Å². The van der Waals surface area contributed by atoms with Crippen LogP contribution >= 0.6 is 0 Å². The predicted octanol–water partition coefficient (Wildman–Crippen LogP) is 0.182. The number of aromatic amines is 1. The third-order valence-electron chi connectivity index (χ3n) is 3.52. The molecular weight excluding hydrogens is 280 g/mol. The van der Waals surface area contributed by atoms with Crippen molar-refractivity contribution < 1.29 is 13.2 Å². The van der Waals surface area contributed by atoms with Crippen LogP contribution < -0.4 is 0 Å². The number of piperidine rings is 1. The molecule has 7 nitrogen and oxygen atoms in total. The molecule has 8 heteroatoms. The number of amides is 1. The van der Waals surface area contributed by atoms with Crippen LogP contribution in [0.5, 0.6) is 0 Å². The zero-order chi connectivity index (χ0) is 14.8. The summed E-state index contributed by atoms with van der Waals surface area (Å²) in [5, 5.41) is 6.52. The van der Waals surface area contributed by atoms with Gasteiger partial charge in [0.15, 0.2) is 0 Å². The predicted molar refractivity (Wildman–Crippen MR) is 74.3 cm³/mol. The van der Waals surface area contributed by atoms with Gasteiger partial charge in [-0.3, -0.25) is 9.89 Å². The smallest absolute Gasteiger partial charge is 0.241 e. The maximum Gasteiger partial charge on any atom is 0.241 e. The van der Waals surface area contributed by atoms with Gasteiger partial charge >= 0.3 is 0 Å². The van der Waals surface area contributed by atoms with E-state index in [1.165, 1.54) is 4.31 Å². The number of aromatic nitrogens is 2. The van der Waals surface area contributed by atoms with E-state index in [1.807, 2.05) is 0 Å². The standard InChI is InChI=1S/C12H20N4O3S/c1-15(9-10-7-13-14-8-10)12(17)11-5-3-4-6-16(11)20(2,18)19/h7-8,11H,3-6,9H2,1-2H3,(H,13,14). The highest BCUT2D eigenvalue weighted by molar-refractivity contribution is 7.88. The van der Waals surface area contributed by atoms with Gasteiger partial charge in [0.1, 0.15) is 6.04 Å². The maximum atomic E-state index is 12.5. The molecule has 2 heterocycles. The van der Waals surface area contributed by atoms with E-state index in [0.29, 0.717) is 19.5 Å². The Bertz CT molecular complexity index is 555. The number of carbonyl (C=O) groups excluding carboxylic acids is 1. The Kier molecular flexibility index (Phi) is 4.44. The number of carbonyl (C=O) groups is 1. The number of rotatable bonds is 4. The quantitative estimate of drug-likeness (QED) is 0.859. The zero-order valence-corrected chi connectivity index (χ0v) is 12.6. The van der Waals surface area contributed by atoms with Gasteiger partial charge in [-0.15, -0.1) is 0 Å². The molecule has 1 N–H and O–H groups in total. The van der Waals surface area contributed by atoms with E-state index in [2.05, 4.69) is 10.2 Å². The van der Waals surface area contributed by atoms with Crippen LogP contribution in [0.25, 0.3) is 0 Å². The molecule has 0 aliphatic carbocycles. The van der Waals surface area contributed by atoms with Crippen LogP contribution in [0.2, 0.25) is 0 Å². The zero-order valence-electron chi connectivity index (χ0n) is 11.7. The molecule has 112 valence electrons. The Hall–Kier alpha value is -1.41. The molecule has 1 fully saturated rings. The Balaban J connectivity index is 2.09. The van der Waals surface area contributed by atoms with Gasteiger partial charge in [0, 0.05) is 31.9 Å². The van der Waals surface area contributed by atoms with Crippen molar-refractivity contribution in [3.05, 3.63) is 18.0 Å². The molecule has 0 aromatic carbocycles. The Morgan fingerprint density at radius 1 is 1.55 bits per heavy atom. The van der Waals surface area contributed by atoms with Crippen LogP contribution in [0.15, 0.2) is 12.4 Å². The van der Waals surface area contributed by atoms with Crippen LogP contribution in [0, 0.1) is 0 Å². The van der Waals surface area contributed by atoms with E-state index < -0.39 is 16.1 Å². The molecule has 1 aromatic rings. The third kappa shape index (κ3) is 3.37. The summed E-state index contributed by atoms with van der Waals surface area (Å²) in [5.41, 5.74) is 0.891. The SMILES string of the molecule is CN(Cc1cn[nH]c1)C(=O)C1CCCCN1S(C)(=O)=O. The van der Waals surface area contributed by atoms with E-state index >= 15 is 0 Å². The first kappa shape index (κ1) is 15.0. The molecule has 2 rings (SSSR count). The van der Waals surface area contributed by atoms with Crippen LogP contribution in [-0.4, -0.2) is 59.6 Å². The van der Waals surface area contributed by atoms with Gasteiger partial charge in [-0.2, -0.15) is 9.40 Å². The number of nitrogens with one attached hydrogen (secondary N) is 1. The molecule has 1 atom stereocenters. The minimum absolute atomic E-state index is 0.156. The van der Waals surface area contributed by atoms with Crippen LogP contribution in [0.1, 0.15) is 24.8 Å². The van der Waals surface area contributed by atoms with Gasteiger partial charge in [0.05, 0.1) is 12.5 Å². The molecule has 1 unspecified atom stereocenters. The summed E-state index contributed by atoms with van der Waals surface area (Å²) >= 11 is 0. The summed E-state index contributed by atoms with van der Waals surface area (Å²) in [7, 11) is -1.66. The van der Waals surface area contributed by atoms with Crippen LogP contribution in [0.3, 0.4) is 0 Å². The fourth-order valence-corrected chi connectivity index (χ4v) is 3.64. The average molecular weight is 300 g/mol. The maximum absolute atomic E-state index is 12.5. The molecule has 20 heavy (non-hydrogen) atoms. The molecule has 1 saturated heterocycles. The number of hydrogen-bond donors (Lipinski definition) is 1. The highest BCUT2D eigenvalue weighted by Gasteiger charge is 2.35. The molecule has 0 spiro atoms. The van der Waals surface area contributed by atoms with Crippen molar-refractivity contribution in [3.8, 4) is 0 Å². The normalized spacial score (nSPS) is 20.8. The molecule has 1 aliphatic rings. The lowest BCUT2D eigenvalue weighted by molar-refractivity contribution is -0.135. The van der Waals surface area contributed by atoms with E-state index in [0.717, 1.165) is 24.7 Å². The molecule has 1 aromatic heterocycles. The highest BCUT2D eigenvalue weighted by Crippen LogP contribution is 2.21. The average Bonchev–Trinajstić information content (AvgIpc) is 2.89. The van der Waals surface area contributed by atoms with E-state index in [4.69, 9.17) is 0 Å². The van der Waals surface area contributed by atoms with E-state index in [-0.39, 0.29) is 5.91 Å². The molecule has 0 saturated carbocycles. The highest BCUT2D eigenvalue weighted by atomic mass is 32.2. The van der Waals surface area contributed by atoms with Crippen molar-refractivity contribution in [1.29, 1.82) is 0 Å². The summed E-state index contributed by atoms with van der Waals surface area (Å²) in [6, 6.07) is -0.573. The first-order chi connectivity index (χ1) is 9.39. The van der Waals surface area contributed by atoms with Gasteiger partial charge in [0.25, 0.3) is 0 Å². The van der Waals surface area contributed by atoms with Gasteiger partial charge in [0.2, 0.25) is 15.9 Å². The second kappa shape index (κ2) is 5.92. The first-order valence-corrected chi connectivity index (χ1v) is 8.44. The second-order valence-electron chi connectivity index (χ2n) is 5.19. The topological polar surface area (TPSA) is 86.4 Å². The van der Waals surface area contributed by atoms with Crippen LogP contribution in [-0.2, 0) is 21.4 Å². The van der Waals surface area contributed by atoms with Crippen molar-refractivity contribution in [2.75, 3.05) is 19.8 Å². The van der Waals surface area contributed by atoms with Crippen molar-refractivity contribution in [1.82, 2.24) is 19.4 Å². The summed E-state index contributed by atoms with van der Waals surface area (Å²) in [4.78, 5) is 14.0. The summed E-state index contributed by atoms with van der Waals surface area (Å²) in [5.74, 6) is -0.156. The fourth-order valence-electron chi connectivity index (χ4n) is 2.52. The number of likely N-dealkylation sites (N-methyl/N-ethyl adjacent to an activating group) is 1. The Morgan fingerprint density at radius 2 is 2.30 bits per heavy atom. The minimum Gasteiger partial charge on any atom is -0.340 e. The lowest BCUT2D eigenvalue weighted by Gasteiger charge is -2.34. The van der Waals surface area contributed by atoms with Crippen LogP contribution in [0.4, 0.5) is 0 Å². The summed E-state index contributed by atoms with van der Waals surface area (Å²) in [6.45, 7) is 0.845. The van der Waals surface area contributed by atoms with Gasteiger partial charge in [-0.25, -0.2) is 8.42 Å². The summed E-state index contributed by atoms with van der Waals surface area (Å²) in [6.07, 6.45) is 6.80. The Labute approximate surface area is 119 Å². The lowest BCUT2D eigenvalue weighted by Crippen LogP contribution is -2.51. The molecule has 0 radical (unpaired) electrons. The second-order valence-corrected chi connectivity index (χ2v) is 7.12. The number of hydrogen-bond acceptors (Lipinski definition) is 4. The Morgan fingerprint density at radius 3 is 2.90 bits per heavy atom.